The fraction of sp³-hybridized carbons (Fsp3) is 0.538. The molecule has 0 bridgehead atoms. The van der Waals surface area contributed by atoms with E-state index in [4.69, 9.17) is 4.74 Å². The molecule has 1 saturated carbocycles. The summed E-state index contributed by atoms with van der Waals surface area (Å²) in [6.45, 7) is 0.224. The zero-order valence-electron chi connectivity index (χ0n) is 10.5. The van der Waals surface area contributed by atoms with Crippen molar-refractivity contribution < 1.29 is 13.2 Å². The summed E-state index contributed by atoms with van der Waals surface area (Å²) in [5.41, 5.74) is 1.04. The van der Waals surface area contributed by atoms with Gasteiger partial charge in [-0.25, -0.2) is 13.1 Å². The number of sulfonamides is 1. The van der Waals surface area contributed by atoms with Crippen LogP contribution in [-0.2, 0) is 14.8 Å². The Morgan fingerprint density at radius 3 is 2.56 bits per heavy atom. The fourth-order valence-corrected chi connectivity index (χ4v) is 3.19. The molecule has 0 amide bonds. The number of hydrogen-bond donors (Lipinski definition) is 1. The second-order valence-electron chi connectivity index (χ2n) is 4.66. The van der Waals surface area contributed by atoms with Crippen LogP contribution in [0.5, 0.6) is 0 Å². The highest BCUT2D eigenvalue weighted by Crippen LogP contribution is 2.41. The van der Waals surface area contributed by atoms with Crippen LogP contribution < -0.4 is 4.72 Å². The molecule has 1 aliphatic carbocycles. The molecule has 0 heterocycles. The number of benzene rings is 1. The molecule has 4 nitrogen and oxygen atoms in total. The lowest BCUT2D eigenvalue weighted by molar-refractivity contribution is 0.216. The minimum absolute atomic E-state index is 0.0134. The van der Waals surface area contributed by atoms with E-state index >= 15 is 0 Å². The van der Waals surface area contributed by atoms with Gasteiger partial charge in [0.1, 0.15) is 0 Å². The molecule has 18 heavy (non-hydrogen) atoms. The van der Waals surface area contributed by atoms with E-state index in [9.17, 15) is 8.42 Å². The van der Waals surface area contributed by atoms with Crippen molar-refractivity contribution in [2.75, 3.05) is 19.5 Å². The Labute approximate surface area is 108 Å². The van der Waals surface area contributed by atoms with E-state index in [0.717, 1.165) is 18.4 Å². The van der Waals surface area contributed by atoms with Crippen LogP contribution in [0.4, 0.5) is 0 Å². The van der Waals surface area contributed by atoms with Gasteiger partial charge in [0.05, 0.1) is 12.4 Å². The van der Waals surface area contributed by atoms with Crippen molar-refractivity contribution >= 4 is 10.0 Å². The lowest BCUT2D eigenvalue weighted by Crippen LogP contribution is -2.33. The molecule has 1 fully saturated rings. The minimum atomic E-state index is -3.27. The third kappa shape index (κ3) is 3.80. The number of hydrogen-bond acceptors (Lipinski definition) is 3. The zero-order chi connectivity index (χ0) is 13.0. The standard InChI is InChI=1S/C13H19NO3S/c1-17-9-10-18(15,16)14-13(12-7-8-12)11-5-3-2-4-6-11/h2-6,12-14H,7-10H2,1H3/t13-/m0/s1. The molecule has 2 rings (SSSR count). The Kier molecular flexibility index (Phi) is 4.37. The Bertz CT molecular complexity index is 468. The quantitative estimate of drug-likeness (QED) is 0.819. The lowest BCUT2D eigenvalue weighted by Gasteiger charge is -2.18. The molecule has 0 aliphatic heterocycles. The van der Waals surface area contributed by atoms with E-state index in [0.29, 0.717) is 5.92 Å². The summed E-state index contributed by atoms with van der Waals surface area (Å²) in [6, 6.07) is 9.67. The number of ether oxygens (including phenoxy) is 1. The Morgan fingerprint density at radius 2 is 2.00 bits per heavy atom. The highest BCUT2D eigenvalue weighted by Gasteiger charge is 2.34. The Hall–Kier alpha value is -0.910. The maximum atomic E-state index is 11.9. The van der Waals surface area contributed by atoms with E-state index in [2.05, 4.69) is 4.72 Å². The van der Waals surface area contributed by atoms with Gasteiger partial charge in [-0.3, -0.25) is 0 Å². The van der Waals surface area contributed by atoms with Gasteiger partial charge in [-0.15, -0.1) is 0 Å². The zero-order valence-corrected chi connectivity index (χ0v) is 11.3. The van der Waals surface area contributed by atoms with Gasteiger partial charge >= 0.3 is 0 Å². The van der Waals surface area contributed by atoms with Crippen LogP contribution >= 0.6 is 0 Å². The van der Waals surface area contributed by atoms with Crippen LogP contribution in [0.25, 0.3) is 0 Å². The topological polar surface area (TPSA) is 55.4 Å². The first kappa shape index (κ1) is 13.5. The van der Waals surface area contributed by atoms with E-state index in [1.807, 2.05) is 30.3 Å². The maximum absolute atomic E-state index is 11.9. The average Bonchev–Trinajstić information content (AvgIpc) is 3.19. The minimum Gasteiger partial charge on any atom is -0.384 e. The van der Waals surface area contributed by atoms with E-state index < -0.39 is 10.0 Å². The normalized spacial score (nSPS) is 17.6. The molecular formula is C13H19NO3S. The SMILES string of the molecule is COCCS(=O)(=O)N[C@@H](c1ccccc1)C1CC1. The summed E-state index contributed by atoms with van der Waals surface area (Å²) in [5, 5.41) is 0. The predicted octanol–water partition coefficient (Wildman–Crippen LogP) is 1.70. The molecule has 1 atom stereocenters. The number of methoxy groups -OCH3 is 1. The Balaban J connectivity index is 2.08. The molecule has 5 heteroatoms. The summed E-state index contributed by atoms with van der Waals surface area (Å²) in [6.07, 6.45) is 2.18. The van der Waals surface area contributed by atoms with Gasteiger partial charge in [-0.2, -0.15) is 0 Å². The van der Waals surface area contributed by atoms with E-state index in [-0.39, 0.29) is 18.4 Å². The molecule has 0 aromatic heterocycles. The van der Waals surface area contributed by atoms with Crippen molar-refractivity contribution in [3.05, 3.63) is 35.9 Å². The molecule has 0 spiro atoms. The molecule has 100 valence electrons. The lowest BCUT2D eigenvalue weighted by atomic mass is 10.0. The Morgan fingerprint density at radius 1 is 1.33 bits per heavy atom. The van der Waals surface area contributed by atoms with E-state index in [1.165, 1.54) is 7.11 Å². The third-order valence-electron chi connectivity index (χ3n) is 3.11. The van der Waals surface area contributed by atoms with Gasteiger partial charge in [0.15, 0.2) is 0 Å². The van der Waals surface area contributed by atoms with Crippen molar-refractivity contribution in [1.29, 1.82) is 0 Å². The second kappa shape index (κ2) is 5.82. The van der Waals surface area contributed by atoms with Gasteiger partial charge in [0.2, 0.25) is 10.0 Å². The highest BCUT2D eigenvalue weighted by atomic mass is 32.2. The van der Waals surface area contributed by atoms with Gasteiger partial charge in [-0.1, -0.05) is 30.3 Å². The first-order chi connectivity index (χ1) is 8.62. The molecule has 0 saturated heterocycles. The van der Waals surface area contributed by atoms with Gasteiger partial charge in [-0.05, 0) is 24.3 Å². The maximum Gasteiger partial charge on any atom is 0.214 e. The van der Waals surface area contributed by atoms with Crippen molar-refractivity contribution in [2.45, 2.75) is 18.9 Å². The predicted molar refractivity (Wildman–Crippen MR) is 70.7 cm³/mol. The first-order valence-electron chi connectivity index (χ1n) is 6.16. The smallest absolute Gasteiger partial charge is 0.214 e. The third-order valence-corrected chi connectivity index (χ3v) is 4.43. The first-order valence-corrected chi connectivity index (χ1v) is 7.81. The summed E-state index contributed by atoms with van der Waals surface area (Å²) >= 11 is 0. The van der Waals surface area contributed by atoms with Crippen LogP contribution in [0.3, 0.4) is 0 Å². The van der Waals surface area contributed by atoms with E-state index in [1.54, 1.807) is 0 Å². The van der Waals surface area contributed by atoms with Crippen LogP contribution in [0.15, 0.2) is 30.3 Å². The molecule has 1 aromatic rings. The molecule has 0 radical (unpaired) electrons. The largest absolute Gasteiger partial charge is 0.384 e. The van der Waals surface area contributed by atoms with Crippen molar-refractivity contribution in [2.24, 2.45) is 5.92 Å². The summed E-state index contributed by atoms with van der Waals surface area (Å²) in [4.78, 5) is 0. The molecule has 1 aliphatic rings. The summed E-state index contributed by atoms with van der Waals surface area (Å²) in [7, 11) is -1.77. The molecular weight excluding hydrogens is 250 g/mol. The summed E-state index contributed by atoms with van der Waals surface area (Å²) in [5.74, 6) is 0.448. The molecule has 1 N–H and O–H groups in total. The number of nitrogens with one attached hydrogen (secondary N) is 1. The van der Waals surface area contributed by atoms with Gasteiger partial charge in [0.25, 0.3) is 0 Å². The molecule has 0 unspecified atom stereocenters. The van der Waals surface area contributed by atoms with Crippen LogP contribution in [0, 0.1) is 5.92 Å². The van der Waals surface area contributed by atoms with Crippen molar-refractivity contribution in [1.82, 2.24) is 4.72 Å². The van der Waals surface area contributed by atoms with Crippen LogP contribution in [-0.4, -0.2) is 27.9 Å². The molecule has 1 aromatic carbocycles. The highest BCUT2D eigenvalue weighted by molar-refractivity contribution is 7.89. The van der Waals surface area contributed by atoms with Crippen molar-refractivity contribution in [3.63, 3.8) is 0 Å². The summed E-state index contributed by atoms with van der Waals surface area (Å²) < 4.78 is 31.4. The van der Waals surface area contributed by atoms with Crippen LogP contribution in [0.2, 0.25) is 0 Å². The van der Waals surface area contributed by atoms with Crippen molar-refractivity contribution in [3.8, 4) is 0 Å². The second-order valence-corrected chi connectivity index (χ2v) is 6.53. The van der Waals surface area contributed by atoms with Crippen LogP contribution in [0.1, 0.15) is 24.4 Å². The number of rotatable bonds is 7. The van der Waals surface area contributed by atoms with Gasteiger partial charge in [0, 0.05) is 13.2 Å². The average molecular weight is 269 g/mol. The monoisotopic (exact) mass is 269 g/mol. The van der Waals surface area contributed by atoms with Gasteiger partial charge < -0.3 is 4.74 Å². The fourth-order valence-electron chi connectivity index (χ4n) is 1.97.